The molecule has 4 aromatic carbocycles. The number of hydrogen-bond donors (Lipinski definition) is 1. The number of benzene rings is 4. The van der Waals surface area contributed by atoms with E-state index >= 15 is 0 Å². The van der Waals surface area contributed by atoms with Gasteiger partial charge in [-0.05, 0) is 34.0 Å². The van der Waals surface area contributed by atoms with Crippen molar-refractivity contribution < 1.29 is 4.74 Å². The van der Waals surface area contributed by atoms with E-state index in [4.69, 9.17) is 10.1 Å². The minimum Gasteiger partial charge on any atom is -0.496 e. The zero-order valence-electron chi connectivity index (χ0n) is 17.3. The summed E-state index contributed by atoms with van der Waals surface area (Å²) < 4.78 is 5.62. The predicted molar refractivity (Wildman–Crippen MR) is 128 cm³/mol. The second-order valence-corrected chi connectivity index (χ2v) is 7.59. The van der Waals surface area contributed by atoms with E-state index in [1.807, 2.05) is 42.1 Å². The molecule has 5 rings (SSSR count). The van der Waals surface area contributed by atoms with Crippen LogP contribution in [0.5, 0.6) is 5.75 Å². The Kier molecular flexibility index (Phi) is 4.21. The molecular weight excluding hydrogens is 370 g/mol. The minimum absolute atomic E-state index is 0.388. The van der Waals surface area contributed by atoms with Crippen LogP contribution in [-0.4, -0.2) is 27.2 Å². The summed E-state index contributed by atoms with van der Waals surface area (Å²) in [6.07, 6.45) is 4.31. The lowest BCUT2D eigenvalue weighted by atomic mass is 10.0. The third-order valence-electron chi connectivity index (χ3n) is 5.94. The van der Waals surface area contributed by atoms with Gasteiger partial charge in [0.2, 0.25) is 5.96 Å². The fourth-order valence-electron chi connectivity index (χ4n) is 4.28. The number of ether oxygens (including phenoxy) is 1. The van der Waals surface area contributed by atoms with Crippen molar-refractivity contribution in [1.29, 1.82) is 5.41 Å². The molecule has 0 radical (unpaired) electrons. The van der Waals surface area contributed by atoms with Gasteiger partial charge in [0.05, 0.1) is 12.8 Å². The molecule has 0 spiro atoms. The van der Waals surface area contributed by atoms with E-state index in [9.17, 15) is 0 Å². The van der Waals surface area contributed by atoms with Crippen LogP contribution in [0.25, 0.3) is 33.7 Å². The minimum atomic E-state index is 0.388. The van der Waals surface area contributed by atoms with E-state index in [0.29, 0.717) is 5.96 Å². The normalized spacial score (nSPS) is 11.8. The molecule has 4 heteroatoms. The Labute approximate surface area is 176 Å². The lowest BCUT2D eigenvalue weighted by molar-refractivity contribution is 0.420. The molecule has 0 saturated heterocycles. The van der Waals surface area contributed by atoms with Crippen molar-refractivity contribution >= 4 is 51.0 Å². The van der Waals surface area contributed by atoms with E-state index in [2.05, 4.69) is 60.7 Å². The van der Waals surface area contributed by atoms with E-state index in [1.165, 1.54) is 16.5 Å². The monoisotopic (exact) mass is 393 g/mol. The van der Waals surface area contributed by atoms with Crippen LogP contribution in [0.2, 0.25) is 0 Å². The van der Waals surface area contributed by atoms with E-state index < -0.39 is 0 Å². The van der Waals surface area contributed by atoms with E-state index in [0.717, 1.165) is 33.3 Å². The molecule has 30 heavy (non-hydrogen) atoms. The zero-order valence-corrected chi connectivity index (χ0v) is 17.3. The molecule has 0 amide bonds. The number of nitrogens with zero attached hydrogens (tertiary/aromatic N) is 2. The zero-order chi connectivity index (χ0) is 20.8. The summed E-state index contributed by atoms with van der Waals surface area (Å²) in [5, 5.41) is 13.5. The van der Waals surface area contributed by atoms with E-state index in [1.54, 1.807) is 7.11 Å². The first-order valence-electron chi connectivity index (χ1n) is 9.95. The van der Waals surface area contributed by atoms with Crippen molar-refractivity contribution in [2.24, 2.45) is 0 Å². The number of methoxy groups -OCH3 is 1. The van der Waals surface area contributed by atoms with Gasteiger partial charge in [-0.1, -0.05) is 60.7 Å². The van der Waals surface area contributed by atoms with Gasteiger partial charge in [-0.25, -0.2) is 0 Å². The Morgan fingerprint density at radius 3 is 2.33 bits per heavy atom. The lowest BCUT2D eigenvalue weighted by Gasteiger charge is -2.29. The third kappa shape index (κ3) is 2.72. The molecule has 0 heterocycles. The Morgan fingerprint density at radius 2 is 1.53 bits per heavy atom. The quantitative estimate of drug-likeness (QED) is 0.302. The number of rotatable bonds is 3. The second-order valence-electron chi connectivity index (χ2n) is 7.59. The molecule has 0 bridgehead atoms. The molecule has 0 atom stereocenters. The van der Waals surface area contributed by atoms with Gasteiger partial charge in [-0.2, -0.15) is 0 Å². The molecule has 4 aromatic rings. The predicted octanol–water partition coefficient (Wildman–Crippen LogP) is 5.99. The van der Waals surface area contributed by atoms with Gasteiger partial charge in [0.15, 0.2) is 0 Å². The van der Waals surface area contributed by atoms with Crippen LogP contribution in [0.4, 0.5) is 11.4 Å². The standard InChI is InChI=1S/C26H23N3O/c1-28(20-15-19-7-4-5-9-21(19)24(16-20)30-3)26(27)29(2)23-14-13-18-12-11-17-8-6-10-22(23)25(17)18/h4-16,27H,1-3H3. The smallest absolute Gasteiger partial charge is 0.202 e. The fourth-order valence-corrected chi connectivity index (χ4v) is 4.28. The molecule has 0 fully saturated rings. The summed E-state index contributed by atoms with van der Waals surface area (Å²) in [7, 11) is 5.55. The van der Waals surface area contributed by atoms with Gasteiger partial charge in [-0.15, -0.1) is 0 Å². The van der Waals surface area contributed by atoms with Crippen LogP contribution in [0.3, 0.4) is 0 Å². The van der Waals surface area contributed by atoms with Crippen LogP contribution in [-0.2, 0) is 0 Å². The highest BCUT2D eigenvalue weighted by molar-refractivity contribution is 6.14. The average Bonchev–Trinajstić information content (AvgIpc) is 3.22. The Morgan fingerprint density at radius 1 is 0.800 bits per heavy atom. The summed E-state index contributed by atoms with van der Waals surface area (Å²) in [6, 6.07) is 22.8. The van der Waals surface area contributed by atoms with Crippen LogP contribution in [0.15, 0.2) is 66.7 Å². The number of fused-ring (bicyclic) bond motifs is 1. The first kappa shape index (κ1) is 18.3. The van der Waals surface area contributed by atoms with Gasteiger partial charge in [0, 0.05) is 36.6 Å². The van der Waals surface area contributed by atoms with Crippen molar-refractivity contribution in [3.05, 3.63) is 77.9 Å². The maximum Gasteiger partial charge on any atom is 0.202 e. The van der Waals surface area contributed by atoms with Gasteiger partial charge in [0.25, 0.3) is 0 Å². The lowest BCUT2D eigenvalue weighted by Crippen LogP contribution is -2.39. The topological polar surface area (TPSA) is 39.6 Å². The van der Waals surface area contributed by atoms with Gasteiger partial charge < -0.3 is 14.5 Å². The largest absolute Gasteiger partial charge is 0.496 e. The highest BCUT2D eigenvalue weighted by Gasteiger charge is 2.19. The molecule has 0 unspecified atom stereocenters. The van der Waals surface area contributed by atoms with Crippen LogP contribution in [0.1, 0.15) is 11.1 Å². The van der Waals surface area contributed by atoms with Crippen molar-refractivity contribution in [3.63, 3.8) is 0 Å². The highest BCUT2D eigenvalue weighted by Crippen LogP contribution is 2.37. The second kappa shape index (κ2) is 6.92. The summed E-state index contributed by atoms with van der Waals surface area (Å²) in [5.74, 6) is 1.20. The van der Waals surface area contributed by atoms with Crippen LogP contribution < -0.4 is 14.5 Å². The Balaban J connectivity index is 1.54. The maximum atomic E-state index is 8.90. The molecule has 0 aliphatic heterocycles. The molecule has 4 nitrogen and oxygen atoms in total. The Hall–Kier alpha value is -3.79. The highest BCUT2D eigenvalue weighted by atomic mass is 16.5. The number of hydrogen-bond acceptors (Lipinski definition) is 2. The van der Waals surface area contributed by atoms with Gasteiger partial charge in [-0.3, -0.25) is 5.41 Å². The molecule has 1 aliphatic carbocycles. The van der Waals surface area contributed by atoms with Crippen LogP contribution in [0, 0.1) is 5.41 Å². The summed E-state index contributed by atoms with van der Waals surface area (Å²) in [5.41, 5.74) is 4.40. The first-order valence-corrected chi connectivity index (χ1v) is 9.95. The van der Waals surface area contributed by atoms with E-state index in [-0.39, 0.29) is 0 Å². The first-order chi connectivity index (χ1) is 14.6. The summed E-state index contributed by atoms with van der Waals surface area (Å²) in [6.45, 7) is 0. The SMILES string of the molecule is COc1cc(N(C)C(=N)N(C)c2ccc3c4c(cccc24)C=C3)cc2ccccc12. The van der Waals surface area contributed by atoms with Gasteiger partial charge >= 0.3 is 0 Å². The number of anilines is 2. The molecule has 148 valence electrons. The van der Waals surface area contributed by atoms with Gasteiger partial charge in [0.1, 0.15) is 5.75 Å². The average molecular weight is 393 g/mol. The van der Waals surface area contributed by atoms with Crippen molar-refractivity contribution in [2.75, 3.05) is 31.0 Å². The van der Waals surface area contributed by atoms with Crippen LogP contribution >= 0.6 is 0 Å². The molecule has 1 aliphatic rings. The third-order valence-corrected chi connectivity index (χ3v) is 5.94. The molecular formula is C26H23N3O. The molecule has 0 saturated carbocycles. The number of guanidine groups is 1. The number of nitrogens with one attached hydrogen (secondary N) is 1. The Bertz CT molecular complexity index is 1330. The summed E-state index contributed by atoms with van der Waals surface area (Å²) >= 11 is 0. The van der Waals surface area contributed by atoms with Crippen molar-refractivity contribution in [3.8, 4) is 5.75 Å². The summed E-state index contributed by atoms with van der Waals surface area (Å²) in [4.78, 5) is 3.82. The molecule has 1 N–H and O–H groups in total. The maximum absolute atomic E-state index is 8.90. The fraction of sp³-hybridized carbons (Fsp3) is 0.115. The van der Waals surface area contributed by atoms with Crippen molar-refractivity contribution in [2.45, 2.75) is 0 Å². The van der Waals surface area contributed by atoms with Crippen molar-refractivity contribution in [1.82, 2.24) is 0 Å². The molecule has 0 aromatic heterocycles.